The van der Waals surface area contributed by atoms with Gasteiger partial charge in [-0.3, -0.25) is 0 Å². The number of rotatable bonds is 2. The maximum absolute atomic E-state index is 9.48. The van der Waals surface area contributed by atoms with Gasteiger partial charge in [-0.15, -0.1) is 0 Å². The first-order valence-electron chi connectivity index (χ1n) is 6.43. The number of aryl methyl sites for hydroxylation is 1. The first-order chi connectivity index (χ1) is 8.81. The van der Waals surface area contributed by atoms with Gasteiger partial charge < -0.3 is 10.4 Å². The molecule has 0 aliphatic carbocycles. The lowest BCUT2D eigenvalue weighted by Crippen LogP contribution is -2.27. The second kappa shape index (κ2) is 4.73. The summed E-state index contributed by atoms with van der Waals surface area (Å²) in [6, 6.07) is 16.5. The van der Waals surface area contributed by atoms with E-state index in [1.54, 1.807) is 6.07 Å². The van der Waals surface area contributed by atoms with Crippen LogP contribution in [0.1, 0.15) is 17.5 Å². The second-order valence-corrected chi connectivity index (χ2v) is 4.91. The molecule has 1 aliphatic rings. The fourth-order valence-corrected chi connectivity index (χ4v) is 2.62. The molecule has 0 amide bonds. The van der Waals surface area contributed by atoms with Crippen LogP contribution in [0.4, 0.5) is 5.69 Å². The fraction of sp³-hybridized carbons (Fsp3) is 0.250. The summed E-state index contributed by atoms with van der Waals surface area (Å²) < 4.78 is 0. The molecule has 1 atom stereocenters. The number of phenolic OH excluding ortho intramolecular Hbond substituents is 1. The van der Waals surface area contributed by atoms with Gasteiger partial charge in [0.2, 0.25) is 0 Å². The number of hydrogen-bond donors (Lipinski definition) is 2. The quantitative estimate of drug-likeness (QED) is 0.842. The molecule has 0 aromatic heterocycles. The van der Waals surface area contributed by atoms with E-state index in [1.165, 1.54) is 16.8 Å². The van der Waals surface area contributed by atoms with Crippen LogP contribution in [0.25, 0.3) is 0 Å². The van der Waals surface area contributed by atoms with Crippen molar-refractivity contribution in [3.63, 3.8) is 0 Å². The van der Waals surface area contributed by atoms with E-state index in [4.69, 9.17) is 0 Å². The Morgan fingerprint density at radius 1 is 1.11 bits per heavy atom. The van der Waals surface area contributed by atoms with Crippen LogP contribution in [0.2, 0.25) is 0 Å². The lowest BCUT2D eigenvalue weighted by Gasteiger charge is -2.27. The standard InChI is InChI=1S/C16H17NO/c18-15-6-3-4-12(11-15)10-14-9-8-13-5-1-2-7-16(13)17-14/h1-7,11,14,17-18H,8-10H2. The zero-order valence-corrected chi connectivity index (χ0v) is 10.3. The van der Waals surface area contributed by atoms with Crippen LogP contribution in [0.5, 0.6) is 5.75 Å². The predicted molar refractivity (Wildman–Crippen MR) is 74.0 cm³/mol. The summed E-state index contributed by atoms with van der Waals surface area (Å²) in [6.45, 7) is 0. The van der Waals surface area contributed by atoms with Crippen molar-refractivity contribution in [3.05, 3.63) is 59.7 Å². The highest BCUT2D eigenvalue weighted by molar-refractivity contribution is 5.54. The van der Waals surface area contributed by atoms with Crippen molar-refractivity contribution in [3.8, 4) is 5.75 Å². The minimum atomic E-state index is 0.351. The smallest absolute Gasteiger partial charge is 0.115 e. The second-order valence-electron chi connectivity index (χ2n) is 4.91. The number of anilines is 1. The van der Waals surface area contributed by atoms with Crippen molar-refractivity contribution >= 4 is 5.69 Å². The number of para-hydroxylation sites is 1. The molecule has 92 valence electrons. The number of hydrogen-bond acceptors (Lipinski definition) is 2. The Balaban J connectivity index is 1.73. The molecule has 0 saturated heterocycles. The molecule has 2 aromatic rings. The van der Waals surface area contributed by atoms with E-state index in [9.17, 15) is 5.11 Å². The van der Waals surface area contributed by atoms with Gasteiger partial charge in [-0.05, 0) is 48.6 Å². The maximum atomic E-state index is 9.48. The third-order valence-electron chi connectivity index (χ3n) is 3.53. The van der Waals surface area contributed by atoms with Gasteiger partial charge in [0.25, 0.3) is 0 Å². The molecule has 2 heteroatoms. The zero-order valence-electron chi connectivity index (χ0n) is 10.3. The molecule has 0 fully saturated rings. The van der Waals surface area contributed by atoms with Crippen molar-refractivity contribution in [2.75, 3.05) is 5.32 Å². The van der Waals surface area contributed by atoms with E-state index in [0.717, 1.165) is 19.3 Å². The van der Waals surface area contributed by atoms with Gasteiger partial charge in [-0.1, -0.05) is 30.3 Å². The summed E-state index contributed by atoms with van der Waals surface area (Å²) in [5, 5.41) is 13.1. The molecule has 2 N–H and O–H groups in total. The molecule has 1 heterocycles. The molecule has 18 heavy (non-hydrogen) atoms. The van der Waals surface area contributed by atoms with Crippen molar-refractivity contribution < 1.29 is 5.11 Å². The van der Waals surface area contributed by atoms with Crippen molar-refractivity contribution in [1.82, 2.24) is 0 Å². The van der Waals surface area contributed by atoms with Crippen molar-refractivity contribution in [1.29, 1.82) is 0 Å². The molecular formula is C16H17NO. The summed E-state index contributed by atoms with van der Waals surface area (Å²) in [4.78, 5) is 0. The predicted octanol–water partition coefficient (Wildman–Crippen LogP) is 3.36. The molecule has 3 rings (SSSR count). The van der Waals surface area contributed by atoms with Crippen LogP contribution >= 0.6 is 0 Å². The van der Waals surface area contributed by atoms with Gasteiger partial charge >= 0.3 is 0 Å². The maximum Gasteiger partial charge on any atom is 0.115 e. The van der Waals surface area contributed by atoms with Gasteiger partial charge in [0, 0.05) is 11.7 Å². The number of phenols is 1. The van der Waals surface area contributed by atoms with E-state index >= 15 is 0 Å². The fourth-order valence-electron chi connectivity index (χ4n) is 2.62. The average Bonchev–Trinajstić information content (AvgIpc) is 2.39. The highest BCUT2D eigenvalue weighted by Crippen LogP contribution is 2.26. The Kier molecular flexibility index (Phi) is 2.93. The van der Waals surface area contributed by atoms with Crippen LogP contribution in [-0.4, -0.2) is 11.1 Å². The number of fused-ring (bicyclic) bond motifs is 1. The summed E-state index contributed by atoms with van der Waals surface area (Å²) >= 11 is 0. The third kappa shape index (κ3) is 2.33. The van der Waals surface area contributed by atoms with Gasteiger partial charge in [-0.25, -0.2) is 0 Å². The zero-order chi connectivity index (χ0) is 12.4. The van der Waals surface area contributed by atoms with Gasteiger partial charge in [-0.2, -0.15) is 0 Å². The van der Waals surface area contributed by atoms with Crippen LogP contribution in [-0.2, 0) is 12.8 Å². The highest BCUT2D eigenvalue weighted by Gasteiger charge is 2.17. The van der Waals surface area contributed by atoms with E-state index in [1.807, 2.05) is 12.1 Å². The van der Waals surface area contributed by atoms with Crippen molar-refractivity contribution in [2.24, 2.45) is 0 Å². The molecule has 1 aliphatic heterocycles. The Labute approximate surface area is 107 Å². The molecule has 0 saturated carbocycles. The molecule has 1 unspecified atom stereocenters. The molecule has 2 aromatic carbocycles. The van der Waals surface area contributed by atoms with Crippen molar-refractivity contribution in [2.45, 2.75) is 25.3 Å². The number of benzene rings is 2. The average molecular weight is 239 g/mol. The Hall–Kier alpha value is -1.96. The third-order valence-corrected chi connectivity index (χ3v) is 3.53. The normalized spacial score (nSPS) is 17.9. The van der Waals surface area contributed by atoms with Crippen LogP contribution in [0.3, 0.4) is 0 Å². The largest absolute Gasteiger partial charge is 0.508 e. The minimum Gasteiger partial charge on any atom is -0.508 e. The van der Waals surface area contributed by atoms with E-state index in [0.29, 0.717) is 11.8 Å². The molecule has 0 radical (unpaired) electrons. The minimum absolute atomic E-state index is 0.351. The van der Waals surface area contributed by atoms with Gasteiger partial charge in [0.05, 0.1) is 0 Å². The number of nitrogens with one attached hydrogen (secondary N) is 1. The summed E-state index contributed by atoms with van der Waals surface area (Å²) in [5.41, 5.74) is 3.85. The number of aromatic hydroxyl groups is 1. The summed E-state index contributed by atoms with van der Waals surface area (Å²) in [5.74, 6) is 0.351. The molecule has 0 spiro atoms. The highest BCUT2D eigenvalue weighted by atomic mass is 16.3. The van der Waals surface area contributed by atoms with Crippen LogP contribution < -0.4 is 5.32 Å². The molecule has 2 nitrogen and oxygen atoms in total. The summed E-state index contributed by atoms with van der Waals surface area (Å²) in [7, 11) is 0. The lowest BCUT2D eigenvalue weighted by atomic mass is 9.94. The lowest BCUT2D eigenvalue weighted by molar-refractivity contribution is 0.474. The van der Waals surface area contributed by atoms with Gasteiger partial charge in [0.1, 0.15) is 5.75 Å². The van der Waals surface area contributed by atoms with Gasteiger partial charge in [0.15, 0.2) is 0 Å². The molecule has 0 bridgehead atoms. The van der Waals surface area contributed by atoms with E-state index < -0.39 is 0 Å². The SMILES string of the molecule is Oc1cccc(CC2CCc3ccccc3N2)c1. The first kappa shape index (κ1) is 11.1. The van der Waals surface area contributed by atoms with E-state index in [2.05, 4.69) is 35.6 Å². The Morgan fingerprint density at radius 2 is 2.00 bits per heavy atom. The Morgan fingerprint density at radius 3 is 2.89 bits per heavy atom. The Bertz CT molecular complexity index is 550. The van der Waals surface area contributed by atoms with Crippen LogP contribution in [0.15, 0.2) is 48.5 Å². The first-order valence-corrected chi connectivity index (χ1v) is 6.43. The molecular weight excluding hydrogens is 222 g/mol. The monoisotopic (exact) mass is 239 g/mol. The van der Waals surface area contributed by atoms with E-state index in [-0.39, 0.29) is 0 Å². The topological polar surface area (TPSA) is 32.3 Å². The summed E-state index contributed by atoms with van der Waals surface area (Å²) in [6.07, 6.45) is 3.24. The van der Waals surface area contributed by atoms with Crippen LogP contribution in [0, 0.1) is 0 Å².